The van der Waals surface area contributed by atoms with Gasteiger partial charge in [0.25, 0.3) is 0 Å². The lowest BCUT2D eigenvalue weighted by Gasteiger charge is -2.09. The van der Waals surface area contributed by atoms with E-state index in [1.807, 2.05) is 0 Å². The summed E-state index contributed by atoms with van der Waals surface area (Å²) in [5, 5.41) is 0. The number of hydrogen-bond donors (Lipinski definition) is 1. The lowest BCUT2D eigenvalue weighted by atomic mass is 10.1. The molecule has 156 valence electrons. The van der Waals surface area contributed by atoms with Crippen molar-refractivity contribution in [2.45, 2.75) is 84.0 Å². The normalized spacial score (nSPS) is 11.5. The third kappa shape index (κ3) is 12.7. The van der Waals surface area contributed by atoms with Crippen molar-refractivity contribution in [2.24, 2.45) is 0 Å². The van der Waals surface area contributed by atoms with E-state index in [0.29, 0.717) is 12.4 Å². The third-order valence-electron chi connectivity index (χ3n) is 4.53. The molecule has 0 saturated heterocycles. The van der Waals surface area contributed by atoms with E-state index in [9.17, 15) is 8.42 Å². The van der Waals surface area contributed by atoms with Gasteiger partial charge >= 0.3 is 10.3 Å². The van der Waals surface area contributed by atoms with Crippen LogP contribution in [0.1, 0.15) is 84.0 Å². The first-order chi connectivity index (χ1) is 13.1. The van der Waals surface area contributed by atoms with Gasteiger partial charge in [0.2, 0.25) is 0 Å². The van der Waals surface area contributed by atoms with Crippen LogP contribution in [-0.2, 0) is 10.3 Å². The van der Waals surface area contributed by atoms with Crippen molar-refractivity contribution in [2.75, 3.05) is 13.7 Å². The largest absolute Gasteiger partial charge is 0.493 e. The smallest absolute Gasteiger partial charge is 0.382 e. The zero-order valence-corrected chi connectivity index (χ0v) is 17.9. The van der Waals surface area contributed by atoms with Crippen molar-refractivity contribution in [3.05, 3.63) is 24.3 Å². The van der Waals surface area contributed by atoms with Gasteiger partial charge in [-0.15, -0.1) is 0 Å². The number of unbranched alkanes of at least 4 members (excludes halogenated alkanes) is 11. The number of rotatable bonds is 17. The minimum absolute atomic E-state index is 0.247. The molecule has 1 rings (SSSR count). The molecule has 6 heteroatoms. The molecule has 0 fully saturated rings. The zero-order chi connectivity index (χ0) is 19.8. The van der Waals surface area contributed by atoms with Crippen molar-refractivity contribution in [1.29, 1.82) is 0 Å². The summed E-state index contributed by atoms with van der Waals surface area (Å²) in [4.78, 5) is 0. The summed E-state index contributed by atoms with van der Waals surface area (Å²) in [6, 6.07) is 6.71. The van der Waals surface area contributed by atoms with E-state index in [1.54, 1.807) is 24.3 Å². The van der Waals surface area contributed by atoms with Crippen molar-refractivity contribution < 1.29 is 17.3 Å². The maximum absolute atomic E-state index is 11.4. The lowest BCUT2D eigenvalue weighted by molar-refractivity contribution is 0.303. The van der Waals surface area contributed by atoms with Crippen molar-refractivity contribution in [3.8, 4) is 11.5 Å². The first-order valence-electron chi connectivity index (χ1n) is 10.4. The Kier molecular flexibility index (Phi) is 13.0. The summed E-state index contributed by atoms with van der Waals surface area (Å²) in [6.07, 6.45) is 15.7. The summed E-state index contributed by atoms with van der Waals surface area (Å²) in [5.41, 5.74) is 0. The molecule has 0 spiro atoms. The highest BCUT2D eigenvalue weighted by atomic mass is 32.2. The SMILES string of the molecule is CCCCCCCCCCCCCCOc1cccc(OS(=O)(=O)NC)c1. The Morgan fingerprint density at radius 1 is 0.815 bits per heavy atom. The predicted molar refractivity (Wildman–Crippen MR) is 112 cm³/mol. The molecule has 0 atom stereocenters. The second kappa shape index (κ2) is 14.7. The standard InChI is InChI=1S/C21H37NO4S/c1-3-4-5-6-7-8-9-10-11-12-13-14-18-25-20-16-15-17-21(19-20)26-27(23,24)22-2/h15-17,19,22H,3-14,18H2,1-2H3. The molecule has 5 nitrogen and oxygen atoms in total. The van der Waals surface area contributed by atoms with Crippen molar-refractivity contribution in [1.82, 2.24) is 4.72 Å². The van der Waals surface area contributed by atoms with Crippen molar-refractivity contribution >= 4 is 10.3 Å². The van der Waals surface area contributed by atoms with Crippen LogP contribution < -0.4 is 13.6 Å². The van der Waals surface area contributed by atoms with E-state index in [0.717, 1.165) is 6.42 Å². The molecule has 0 aromatic heterocycles. The minimum Gasteiger partial charge on any atom is -0.493 e. The molecule has 0 aliphatic heterocycles. The number of nitrogens with one attached hydrogen (secondary N) is 1. The lowest BCUT2D eigenvalue weighted by Crippen LogP contribution is -2.24. The molecule has 1 aromatic carbocycles. The Bertz CT molecular complexity index is 590. The first-order valence-corrected chi connectivity index (χ1v) is 11.8. The third-order valence-corrected chi connectivity index (χ3v) is 5.44. The molecular formula is C21H37NO4S. The van der Waals surface area contributed by atoms with E-state index in [-0.39, 0.29) is 5.75 Å². The van der Waals surface area contributed by atoms with Crippen LogP contribution in [0.25, 0.3) is 0 Å². The van der Waals surface area contributed by atoms with E-state index >= 15 is 0 Å². The second-order valence-electron chi connectivity index (χ2n) is 6.95. The molecule has 0 heterocycles. The summed E-state index contributed by atoms with van der Waals surface area (Å²) >= 11 is 0. The van der Waals surface area contributed by atoms with Crippen LogP contribution in [0, 0.1) is 0 Å². The summed E-state index contributed by atoms with van der Waals surface area (Å²) < 4.78 is 35.5. The van der Waals surface area contributed by atoms with Gasteiger partial charge in [-0.25, -0.2) is 0 Å². The van der Waals surface area contributed by atoms with Crippen LogP contribution in [0.3, 0.4) is 0 Å². The van der Waals surface area contributed by atoms with Crippen LogP contribution in [-0.4, -0.2) is 22.1 Å². The average Bonchev–Trinajstić information content (AvgIpc) is 2.65. The van der Waals surface area contributed by atoms with Gasteiger partial charge in [0.05, 0.1) is 6.61 Å². The fourth-order valence-corrected chi connectivity index (χ4v) is 3.36. The Labute approximate surface area is 166 Å². The summed E-state index contributed by atoms with van der Waals surface area (Å²) in [7, 11) is -2.43. The first kappa shape index (κ1) is 23.8. The Morgan fingerprint density at radius 3 is 1.89 bits per heavy atom. The summed E-state index contributed by atoms with van der Waals surface area (Å²) in [5.74, 6) is 0.874. The fraction of sp³-hybridized carbons (Fsp3) is 0.714. The van der Waals surface area contributed by atoms with Crippen LogP contribution in [0.15, 0.2) is 24.3 Å². The van der Waals surface area contributed by atoms with Crippen LogP contribution in [0.5, 0.6) is 11.5 Å². The molecule has 0 aliphatic carbocycles. The van der Waals surface area contributed by atoms with Crippen LogP contribution >= 0.6 is 0 Å². The number of hydrogen-bond acceptors (Lipinski definition) is 4. The molecule has 1 aromatic rings. The molecule has 0 aliphatic rings. The summed E-state index contributed by atoms with van der Waals surface area (Å²) in [6.45, 7) is 2.90. The van der Waals surface area contributed by atoms with Gasteiger partial charge in [-0.3, -0.25) is 0 Å². The number of benzene rings is 1. The quantitative estimate of drug-likeness (QED) is 0.346. The second-order valence-corrected chi connectivity index (χ2v) is 8.44. The molecule has 0 amide bonds. The van der Waals surface area contributed by atoms with Crippen molar-refractivity contribution in [3.63, 3.8) is 0 Å². The van der Waals surface area contributed by atoms with E-state index in [2.05, 4.69) is 11.6 Å². The fourth-order valence-electron chi connectivity index (χ4n) is 2.92. The molecule has 0 bridgehead atoms. The Balaban J connectivity index is 2.02. The molecular weight excluding hydrogens is 362 g/mol. The highest BCUT2D eigenvalue weighted by molar-refractivity contribution is 7.85. The zero-order valence-electron chi connectivity index (χ0n) is 17.0. The van der Waals surface area contributed by atoms with Gasteiger partial charge in [0.15, 0.2) is 0 Å². The monoisotopic (exact) mass is 399 g/mol. The topological polar surface area (TPSA) is 64.6 Å². The van der Waals surface area contributed by atoms with E-state index in [4.69, 9.17) is 8.92 Å². The Hall–Kier alpha value is -1.27. The van der Waals surface area contributed by atoms with Gasteiger partial charge in [-0.05, 0) is 18.6 Å². The van der Waals surface area contributed by atoms with Gasteiger partial charge in [0, 0.05) is 13.1 Å². The molecule has 0 saturated carbocycles. The molecule has 0 unspecified atom stereocenters. The van der Waals surface area contributed by atoms with Gasteiger partial charge in [-0.1, -0.05) is 83.6 Å². The van der Waals surface area contributed by atoms with Gasteiger partial charge in [-0.2, -0.15) is 13.1 Å². The Morgan fingerprint density at radius 2 is 1.33 bits per heavy atom. The highest BCUT2D eigenvalue weighted by Gasteiger charge is 2.09. The van der Waals surface area contributed by atoms with Crippen LogP contribution in [0.4, 0.5) is 0 Å². The maximum Gasteiger partial charge on any atom is 0.382 e. The maximum atomic E-state index is 11.4. The van der Waals surface area contributed by atoms with Crippen LogP contribution in [0.2, 0.25) is 0 Å². The highest BCUT2D eigenvalue weighted by Crippen LogP contribution is 2.21. The van der Waals surface area contributed by atoms with E-state index in [1.165, 1.54) is 77.7 Å². The molecule has 27 heavy (non-hydrogen) atoms. The average molecular weight is 400 g/mol. The number of ether oxygens (including phenoxy) is 1. The van der Waals surface area contributed by atoms with E-state index < -0.39 is 10.3 Å². The predicted octanol–water partition coefficient (Wildman–Crippen LogP) is 5.61. The molecule has 0 radical (unpaired) electrons. The minimum atomic E-state index is -3.74. The van der Waals surface area contributed by atoms with Gasteiger partial charge in [0.1, 0.15) is 11.5 Å². The molecule has 1 N–H and O–H groups in total. The van der Waals surface area contributed by atoms with Gasteiger partial charge < -0.3 is 8.92 Å².